The molecule has 0 bridgehead atoms. The molecular formula is C23H33N3O4. The first-order chi connectivity index (χ1) is 14.3. The minimum atomic E-state index is -0.835. The number of alkyl carbamates (subject to hydrolysis) is 1. The zero-order chi connectivity index (χ0) is 21.7. The number of carbonyl (C=O) groups excluding carboxylic acids is 2. The first kappa shape index (κ1) is 22.2. The Bertz CT molecular complexity index is 871. The number of amides is 1. The summed E-state index contributed by atoms with van der Waals surface area (Å²) in [4.78, 5) is 28.7. The SMILES string of the molecule is CCC1CCNC[C@@H]1OC(=O)C(Cc1c[nH]c2ccccc12)NC(=O)OC(C)(C)C. The second kappa shape index (κ2) is 9.51. The van der Waals surface area contributed by atoms with E-state index in [-0.39, 0.29) is 6.10 Å². The van der Waals surface area contributed by atoms with Crippen molar-refractivity contribution in [1.82, 2.24) is 15.6 Å². The van der Waals surface area contributed by atoms with Crippen molar-refractivity contribution in [2.75, 3.05) is 13.1 Å². The van der Waals surface area contributed by atoms with Gasteiger partial charge in [0.25, 0.3) is 0 Å². The summed E-state index contributed by atoms with van der Waals surface area (Å²) >= 11 is 0. The van der Waals surface area contributed by atoms with Gasteiger partial charge in [-0.1, -0.05) is 25.1 Å². The second-order valence-electron chi connectivity index (χ2n) is 8.90. The maximum Gasteiger partial charge on any atom is 0.408 e. The maximum absolute atomic E-state index is 13.1. The zero-order valence-corrected chi connectivity index (χ0v) is 18.3. The molecule has 3 N–H and O–H groups in total. The summed E-state index contributed by atoms with van der Waals surface area (Å²) in [6, 6.07) is 7.04. The molecule has 0 radical (unpaired) electrons. The third kappa shape index (κ3) is 5.75. The van der Waals surface area contributed by atoms with Crippen LogP contribution in [0, 0.1) is 5.92 Å². The highest BCUT2D eigenvalue weighted by atomic mass is 16.6. The van der Waals surface area contributed by atoms with E-state index in [1.165, 1.54) is 0 Å². The number of hydrogen-bond donors (Lipinski definition) is 3. The number of aromatic nitrogens is 1. The molecule has 2 aromatic rings. The Morgan fingerprint density at radius 1 is 1.27 bits per heavy atom. The Labute approximate surface area is 177 Å². The van der Waals surface area contributed by atoms with Gasteiger partial charge in [-0.3, -0.25) is 0 Å². The highest BCUT2D eigenvalue weighted by Gasteiger charge is 2.32. The molecule has 0 spiro atoms. The fraction of sp³-hybridized carbons (Fsp3) is 0.565. The molecule has 1 amide bonds. The van der Waals surface area contributed by atoms with Crippen molar-refractivity contribution in [3.8, 4) is 0 Å². The summed E-state index contributed by atoms with van der Waals surface area (Å²) in [5.74, 6) is -0.108. The van der Waals surface area contributed by atoms with Crippen LogP contribution in [-0.2, 0) is 20.7 Å². The van der Waals surface area contributed by atoms with Crippen LogP contribution in [0.25, 0.3) is 10.9 Å². The molecule has 1 fully saturated rings. The van der Waals surface area contributed by atoms with Gasteiger partial charge in [0.05, 0.1) is 0 Å². The fourth-order valence-electron chi connectivity index (χ4n) is 3.88. The molecule has 7 nitrogen and oxygen atoms in total. The molecular weight excluding hydrogens is 382 g/mol. The van der Waals surface area contributed by atoms with Crippen LogP contribution in [0.2, 0.25) is 0 Å². The molecule has 30 heavy (non-hydrogen) atoms. The number of benzene rings is 1. The van der Waals surface area contributed by atoms with Gasteiger partial charge in [-0.15, -0.1) is 0 Å². The van der Waals surface area contributed by atoms with E-state index in [1.807, 2.05) is 30.5 Å². The van der Waals surface area contributed by atoms with Gasteiger partial charge in [-0.25, -0.2) is 9.59 Å². The number of nitrogens with one attached hydrogen (secondary N) is 3. The highest BCUT2D eigenvalue weighted by Crippen LogP contribution is 2.22. The predicted molar refractivity (Wildman–Crippen MR) is 116 cm³/mol. The number of hydrogen-bond acceptors (Lipinski definition) is 5. The van der Waals surface area contributed by atoms with E-state index in [0.717, 1.165) is 35.9 Å². The molecule has 1 aromatic carbocycles. The molecule has 2 heterocycles. The van der Waals surface area contributed by atoms with Crippen molar-refractivity contribution in [3.05, 3.63) is 36.0 Å². The van der Waals surface area contributed by atoms with Gasteiger partial charge in [-0.2, -0.15) is 0 Å². The average molecular weight is 416 g/mol. The number of fused-ring (bicyclic) bond motifs is 1. The molecule has 164 valence electrons. The lowest BCUT2D eigenvalue weighted by molar-refractivity contribution is -0.155. The van der Waals surface area contributed by atoms with Crippen LogP contribution in [0.15, 0.2) is 30.5 Å². The average Bonchev–Trinajstić information content (AvgIpc) is 3.09. The molecule has 3 rings (SSSR count). The van der Waals surface area contributed by atoms with Crippen molar-refractivity contribution in [2.24, 2.45) is 5.92 Å². The van der Waals surface area contributed by atoms with E-state index in [1.54, 1.807) is 20.8 Å². The summed E-state index contributed by atoms with van der Waals surface area (Å²) in [7, 11) is 0. The topological polar surface area (TPSA) is 92.5 Å². The van der Waals surface area contributed by atoms with E-state index >= 15 is 0 Å². The lowest BCUT2D eigenvalue weighted by Gasteiger charge is -2.32. The van der Waals surface area contributed by atoms with Crippen molar-refractivity contribution in [3.63, 3.8) is 0 Å². The Balaban J connectivity index is 1.77. The summed E-state index contributed by atoms with van der Waals surface area (Å²) in [5.41, 5.74) is 1.27. The molecule has 1 saturated heterocycles. The first-order valence-electron chi connectivity index (χ1n) is 10.7. The number of piperidine rings is 1. The Morgan fingerprint density at radius 3 is 2.77 bits per heavy atom. The van der Waals surface area contributed by atoms with E-state index in [9.17, 15) is 9.59 Å². The smallest absolute Gasteiger partial charge is 0.408 e. The first-order valence-corrected chi connectivity index (χ1v) is 10.7. The monoisotopic (exact) mass is 415 g/mol. The number of para-hydroxylation sites is 1. The van der Waals surface area contributed by atoms with Gasteiger partial charge < -0.3 is 25.1 Å². The summed E-state index contributed by atoms with van der Waals surface area (Å²) in [6.07, 6.45) is 3.30. The third-order valence-electron chi connectivity index (χ3n) is 5.43. The molecule has 0 saturated carbocycles. The van der Waals surface area contributed by atoms with E-state index in [2.05, 4.69) is 22.5 Å². The molecule has 1 aliphatic heterocycles. The van der Waals surface area contributed by atoms with Crippen molar-refractivity contribution < 1.29 is 19.1 Å². The highest BCUT2D eigenvalue weighted by molar-refractivity contribution is 5.86. The second-order valence-corrected chi connectivity index (χ2v) is 8.90. The largest absolute Gasteiger partial charge is 0.459 e. The summed E-state index contributed by atoms with van der Waals surface area (Å²) < 4.78 is 11.2. The van der Waals surface area contributed by atoms with Crippen molar-refractivity contribution in [1.29, 1.82) is 0 Å². The molecule has 7 heteroatoms. The van der Waals surface area contributed by atoms with E-state index in [4.69, 9.17) is 9.47 Å². The predicted octanol–water partition coefficient (Wildman–Crippen LogP) is 3.54. The summed E-state index contributed by atoms with van der Waals surface area (Å²) in [6.45, 7) is 9.05. The molecule has 1 aliphatic rings. The lowest BCUT2D eigenvalue weighted by atomic mass is 9.92. The number of carbonyl (C=O) groups is 2. The minimum Gasteiger partial charge on any atom is -0.459 e. The number of aromatic amines is 1. The van der Waals surface area contributed by atoms with Crippen LogP contribution in [0.1, 0.15) is 46.1 Å². The Kier molecular flexibility index (Phi) is 7.02. The standard InChI is InChI=1S/C23H33N3O4/c1-5-15-10-11-24-14-20(15)29-21(27)19(26-22(28)30-23(2,3)4)12-16-13-25-18-9-7-6-8-17(16)18/h6-9,13,15,19-20,24-25H,5,10-12,14H2,1-4H3,(H,26,28)/t15?,19?,20-/m0/s1. The zero-order valence-electron chi connectivity index (χ0n) is 18.3. The molecule has 0 aliphatic carbocycles. The van der Waals surface area contributed by atoms with Gasteiger partial charge in [-0.05, 0) is 57.7 Å². The van der Waals surface area contributed by atoms with Gasteiger partial charge in [0.1, 0.15) is 17.7 Å². The Hall–Kier alpha value is -2.54. The normalized spacial score (nSPS) is 20.5. The van der Waals surface area contributed by atoms with E-state index in [0.29, 0.717) is 18.9 Å². The Morgan fingerprint density at radius 2 is 2.03 bits per heavy atom. The van der Waals surface area contributed by atoms with Crippen LogP contribution < -0.4 is 10.6 Å². The number of H-pyrrole nitrogens is 1. The third-order valence-corrected chi connectivity index (χ3v) is 5.43. The molecule has 2 unspecified atom stereocenters. The number of ether oxygens (including phenoxy) is 2. The lowest BCUT2D eigenvalue weighted by Crippen LogP contribution is -2.49. The van der Waals surface area contributed by atoms with Crippen LogP contribution in [0.5, 0.6) is 0 Å². The van der Waals surface area contributed by atoms with Gasteiger partial charge in [0.15, 0.2) is 0 Å². The van der Waals surface area contributed by atoms with Crippen molar-refractivity contribution >= 4 is 23.0 Å². The quantitative estimate of drug-likeness (QED) is 0.628. The van der Waals surface area contributed by atoms with Crippen LogP contribution >= 0.6 is 0 Å². The maximum atomic E-state index is 13.1. The van der Waals surface area contributed by atoms with Gasteiger partial charge in [0, 0.05) is 30.1 Å². The van der Waals surface area contributed by atoms with Crippen LogP contribution in [0.3, 0.4) is 0 Å². The molecule has 3 atom stereocenters. The molecule has 1 aromatic heterocycles. The number of esters is 1. The van der Waals surface area contributed by atoms with Gasteiger partial charge in [0.2, 0.25) is 0 Å². The summed E-state index contributed by atoms with van der Waals surface area (Å²) in [5, 5.41) is 7.04. The van der Waals surface area contributed by atoms with Crippen LogP contribution in [-0.4, -0.2) is 47.9 Å². The van der Waals surface area contributed by atoms with Crippen LogP contribution in [0.4, 0.5) is 4.79 Å². The van der Waals surface area contributed by atoms with Crippen molar-refractivity contribution in [2.45, 2.75) is 64.7 Å². The fourth-order valence-corrected chi connectivity index (χ4v) is 3.88. The number of rotatable bonds is 6. The van der Waals surface area contributed by atoms with Gasteiger partial charge >= 0.3 is 12.1 Å². The van der Waals surface area contributed by atoms with E-state index < -0.39 is 23.7 Å². The minimum absolute atomic E-state index is 0.192.